The molecule has 0 aromatic heterocycles. The topological polar surface area (TPSA) is 50.4 Å². The molecule has 17 heavy (non-hydrogen) atoms. The lowest BCUT2D eigenvalue weighted by Gasteiger charge is -2.17. The molecular weight excluding hydrogens is 216 g/mol. The smallest absolute Gasteiger partial charge is 0.234 e. The molecule has 0 fully saturated rings. The van der Waals surface area contributed by atoms with E-state index in [1.54, 1.807) is 7.11 Å². The maximum atomic E-state index is 11.6. The summed E-state index contributed by atoms with van der Waals surface area (Å²) in [6.45, 7) is 5.05. The van der Waals surface area contributed by atoms with Crippen LogP contribution in [-0.2, 0) is 4.79 Å². The van der Waals surface area contributed by atoms with Crippen molar-refractivity contribution in [2.24, 2.45) is 0 Å². The minimum atomic E-state index is -0.0580. The van der Waals surface area contributed by atoms with Gasteiger partial charge in [-0.15, -0.1) is 0 Å². The summed E-state index contributed by atoms with van der Waals surface area (Å²) < 4.78 is 5.26. The standard InChI is InChI=1S/C13H20N2O2/c1-4-14-9-13(16)15-10(2)11-7-5-6-8-12(11)17-3/h5-8,10,14H,4,9H2,1-3H3,(H,15,16)/t10-/m1/s1. The van der Waals surface area contributed by atoms with Crippen LogP contribution in [0.3, 0.4) is 0 Å². The highest BCUT2D eigenvalue weighted by Crippen LogP contribution is 2.23. The monoisotopic (exact) mass is 236 g/mol. The number of hydrogen-bond acceptors (Lipinski definition) is 3. The van der Waals surface area contributed by atoms with Crippen LogP contribution in [0.25, 0.3) is 0 Å². The summed E-state index contributed by atoms with van der Waals surface area (Å²) in [5.74, 6) is 0.786. The Morgan fingerprint density at radius 3 is 2.76 bits per heavy atom. The van der Waals surface area contributed by atoms with Gasteiger partial charge in [-0.25, -0.2) is 0 Å². The van der Waals surface area contributed by atoms with Crippen LogP contribution in [0.15, 0.2) is 24.3 Å². The summed E-state index contributed by atoms with van der Waals surface area (Å²) in [5.41, 5.74) is 0.986. The van der Waals surface area contributed by atoms with E-state index in [4.69, 9.17) is 4.74 Å². The van der Waals surface area contributed by atoms with Gasteiger partial charge >= 0.3 is 0 Å². The Balaban J connectivity index is 2.62. The lowest BCUT2D eigenvalue weighted by Crippen LogP contribution is -2.35. The lowest BCUT2D eigenvalue weighted by molar-refractivity contribution is -0.120. The molecule has 0 radical (unpaired) electrons. The maximum Gasteiger partial charge on any atom is 0.234 e. The van der Waals surface area contributed by atoms with Gasteiger partial charge in [0, 0.05) is 5.56 Å². The number of rotatable bonds is 6. The molecule has 0 aliphatic heterocycles. The van der Waals surface area contributed by atoms with Gasteiger partial charge in [0.2, 0.25) is 5.91 Å². The fraction of sp³-hybridized carbons (Fsp3) is 0.462. The number of hydrogen-bond donors (Lipinski definition) is 2. The Morgan fingerprint density at radius 2 is 2.12 bits per heavy atom. The number of amides is 1. The molecule has 1 atom stereocenters. The van der Waals surface area contributed by atoms with Gasteiger partial charge in [-0.3, -0.25) is 4.79 Å². The van der Waals surface area contributed by atoms with E-state index in [1.165, 1.54) is 0 Å². The Bertz CT molecular complexity index is 366. The molecule has 0 saturated heterocycles. The first kappa shape index (κ1) is 13.5. The largest absolute Gasteiger partial charge is 0.496 e. The van der Waals surface area contributed by atoms with Crippen LogP contribution in [0.2, 0.25) is 0 Å². The van der Waals surface area contributed by atoms with Crippen LogP contribution < -0.4 is 15.4 Å². The van der Waals surface area contributed by atoms with Crippen molar-refractivity contribution < 1.29 is 9.53 Å². The minimum Gasteiger partial charge on any atom is -0.496 e. The molecule has 4 heteroatoms. The third-order valence-corrected chi connectivity index (χ3v) is 2.52. The predicted molar refractivity (Wildman–Crippen MR) is 68.1 cm³/mol. The Labute approximate surface area is 102 Å². The average Bonchev–Trinajstić information content (AvgIpc) is 2.36. The number of carbonyl (C=O) groups is 1. The molecular formula is C13H20N2O2. The van der Waals surface area contributed by atoms with Crippen molar-refractivity contribution in [2.75, 3.05) is 20.2 Å². The van der Waals surface area contributed by atoms with E-state index < -0.39 is 0 Å². The molecule has 1 aromatic carbocycles. The summed E-state index contributed by atoms with van der Waals surface area (Å²) in [5, 5.41) is 5.91. The number of para-hydroxylation sites is 1. The van der Waals surface area contributed by atoms with Gasteiger partial charge < -0.3 is 15.4 Å². The van der Waals surface area contributed by atoms with Crippen molar-refractivity contribution in [3.63, 3.8) is 0 Å². The Hall–Kier alpha value is -1.55. The molecule has 1 rings (SSSR count). The molecule has 2 N–H and O–H groups in total. The van der Waals surface area contributed by atoms with Crippen LogP contribution in [0.1, 0.15) is 25.5 Å². The van der Waals surface area contributed by atoms with E-state index in [-0.39, 0.29) is 11.9 Å². The quantitative estimate of drug-likeness (QED) is 0.786. The van der Waals surface area contributed by atoms with Gasteiger partial charge in [0.1, 0.15) is 5.75 Å². The zero-order chi connectivity index (χ0) is 12.7. The zero-order valence-electron chi connectivity index (χ0n) is 10.6. The third kappa shape index (κ3) is 4.07. The molecule has 0 unspecified atom stereocenters. The van der Waals surface area contributed by atoms with Crippen LogP contribution >= 0.6 is 0 Å². The molecule has 0 saturated carbocycles. The summed E-state index contributed by atoms with van der Waals surface area (Å²) in [6.07, 6.45) is 0. The molecule has 0 aliphatic carbocycles. The van der Waals surface area contributed by atoms with Crippen LogP contribution in [0, 0.1) is 0 Å². The van der Waals surface area contributed by atoms with Crippen LogP contribution in [0.5, 0.6) is 5.75 Å². The Morgan fingerprint density at radius 1 is 1.41 bits per heavy atom. The van der Waals surface area contributed by atoms with E-state index in [1.807, 2.05) is 38.1 Å². The average molecular weight is 236 g/mol. The van der Waals surface area contributed by atoms with Crippen molar-refractivity contribution in [1.82, 2.24) is 10.6 Å². The molecule has 0 spiro atoms. The molecule has 1 amide bonds. The fourth-order valence-corrected chi connectivity index (χ4v) is 1.63. The van der Waals surface area contributed by atoms with E-state index >= 15 is 0 Å². The minimum absolute atomic E-state index is 0.00902. The Kier molecular flexibility index (Phi) is 5.49. The first-order valence-electron chi connectivity index (χ1n) is 5.82. The van der Waals surface area contributed by atoms with Gasteiger partial charge in [-0.05, 0) is 19.5 Å². The number of carbonyl (C=O) groups excluding carboxylic acids is 1. The molecule has 1 aromatic rings. The summed E-state index contributed by atoms with van der Waals surface area (Å²) in [4.78, 5) is 11.6. The third-order valence-electron chi connectivity index (χ3n) is 2.52. The fourth-order valence-electron chi connectivity index (χ4n) is 1.63. The van der Waals surface area contributed by atoms with Gasteiger partial charge in [-0.2, -0.15) is 0 Å². The molecule has 4 nitrogen and oxygen atoms in total. The molecule has 0 aliphatic rings. The first-order valence-corrected chi connectivity index (χ1v) is 5.82. The number of methoxy groups -OCH3 is 1. The summed E-state index contributed by atoms with van der Waals surface area (Å²) in [6, 6.07) is 7.64. The van der Waals surface area contributed by atoms with Crippen molar-refractivity contribution in [1.29, 1.82) is 0 Å². The number of nitrogens with one attached hydrogen (secondary N) is 2. The second kappa shape index (κ2) is 6.91. The molecule has 0 heterocycles. The van der Waals surface area contributed by atoms with Crippen LogP contribution in [0.4, 0.5) is 0 Å². The normalized spacial score (nSPS) is 11.9. The first-order chi connectivity index (χ1) is 8.19. The van der Waals surface area contributed by atoms with Gasteiger partial charge in [0.25, 0.3) is 0 Å². The molecule has 94 valence electrons. The van der Waals surface area contributed by atoms with Crippen molar-refractivity contribution in [3.05, 3.63) is 29.8 Å². The number of benzene rings is 1. The highest BCUT2D eigenvalue weighted by atomic mass is 16.5. The SMILES string of the molecule is CCNCC(=O)N[C@H](C)c1ccccc1OC. The summed E-state index contributed by atoms with van der Waals surface area (Å²) in [7, 11) is 1.63. The van der Waals surface area contributed by atoms with E-state index in [0.717, 1.165) is 17.9 Å². The summed E-state index contributed by atoms with van der Waals surface area (Å²) >= 11 is 0. The molecule has 0 bridgehead atoms. The zero-order valence-corrected chi connectivity index (χ0v) is 10.6. The highest BCUT2D eigenvalue weighted by Gasteiger charge is 2.12. The van der Waals surface area contributed by atoms with E-state index in [2.05, 4.69) is 10.6 Å². The van der Waals surface area contributed by atoms with Crippen molar-refractivity contribution >= 4 is 5.91 Å². The second-order valence-electron chi connectivity index (χ2n) is 3.81. The maximum absolute atomic E-state index is 11.6. The van der Waals surface area contributed by atoms with E-state index in [0.29, 0.717) is 6.54 Å². The highest BCUT2D eigenvalue weighted by molar-refractivity contribution is 5.78. The predicted octanol–water partition coefficient (Wildman–Crippen LogP) is 1.48. The van der Waals surface area contributed by atoms with Gasteiger partial charge in [0.05, 0.1) is 19.7 Å². The van der Waals surface area contributed by atoms with E-state index in [9.17, 15) is 4.79 Å². The van der Waals surface area contributed by atoms with Gasteiger partial charge in [-0.1, -0.05) is 25.1 Å². The van der Waals surface area contributed by atoms with Crippen molar-refractivity contribution in [2.45, 2.75) is 19.9 Å². The second-order valence-corrected chi connectivity index (χ2v) is 3.81. The van der Waals surface area contributed by atoms with Crippen LogP contribution in [-0.4, -0.2) is 26.1 Å². The number of ether oxygens (including phenoxy) is 1. The number of likely N-dealkylation sites (N-methyl/N-ethyl adjacent to an activating group) is 1. The lowest BCUT2D eigenvalue weighted by atomic mass is 10.1. The van der Waals surface area contributed by atoms with Gasteiger partial charge in [0.15, 0.2) is 0 Å². The van der Waals surface area contributed by atoms with Crippen molar-refractivity contribution in [3.8, 4) is 5.75 Å².